The lowest BCUT2D eigenvalue weighted by atomic mass is 9.93. The summed E-state index contributed by atoms with van der Waals surface area (Å²) in [6.45, 7) is 3.43. The van der Waals surface area contributed by atoms with Gasteiger partial charge < -0.3 is 15.0 Å². The molecule has 1 aromatic heterocycles. The van der Waals surface area contributed by atoms with E-state index in [9.17, 15) is 9.59 Å². The topological polar surface area (TPSA) is 76.5 Å². The molecule has 1 aliphatic carbocycles. The van der Waals surface area contributed by atoms with Crippen LogP contribution >= 0.6 is 0 Å². The second-order valence-electron chi connectivity index (χ2n) is 6.58. The van der Waals surface area contributed by atoms with Gasteiger partial charge in [0.05, 0.1) is 24.8 Å². The Hall–Kier alpha value is -2.05. The number of aromatic nitrogens is 2. The van der Waals surface area contributed by atoms with E-state index in [1.807, 2.05) is 24.9 Å². The van der Waals surface area contributed by atoms with Crippen molar-refractivity contribution < 1.29 is 14.3 Å². The average Bonchev–Trinajstić information content (AvgIpc) is 2.98. The van der Waals surface area contributed by atoms with Gasteiger partial charge in [-0.05, 0) is 39.0 Å². The van der Waals surface area contributed by atoms with Crippen LogP contribution in [0.5, 0.6) is 0 Å². The molecule has 1 atom stereocenters. The van der Waals surface area contributed by atoms with Crippen molar-refractivity contribution in [3.05, 3.63) is 17.5 Å². The Morgan fingerprint density at radius 2 is 2.08 bits per heavy atom. The van der Waals surface area contributed by atoms with Crippen LogP contribution in [0.4, 0.5) is 4.79 Å². The summed E-state index contributed by atoms with van der Waals surface area (Å²) in [5.74, 6) is -0.210. The van der Waals surface area contributed by atoms with Gasteiger partial charge in [-0.3, -0.25) is 9.48 Å². The number of urea groups is 1. The van der Waals surface area contributed by atoms with Crippen LogP contribution in [0.3, 0.4) is 0 Å². The summed E-state index contributed by atoms with van der Waals surface area (Å²) >= 11 is 0. The van der Waals surface area contributed by atoms with E-state index in [0.717, 1.165) is 24.8 Å². The van der Waals surface area contributed by atoms with Gasteiger partial charge in [-0.25, -0.2) is 4.79 Å². The first kappa shape index (κ1) is 16.8. The van der Waals surface area contributed by atoms with Gasteiger partial charge >= 0.3 is 12.0 Å². The van der Waals surface area contributed by atoms with E-state index in [2.05, 4.69) is 10.4 Å². The molecular formula is C17H26N4O3. The zero-order chi connectivity index (χ0) is 17.1. The predicted octanol–water partition coefficient (Wildman–Crippen LogP) is 1.78. The van der Waals surface area contributed by atoms with Gasteiger partial charge in [0.2, 0.25) is 0 Å². The lowest BCUT2D eigenvalue weighted by Crippen LogP contribution is -2.47. The summed E-state index contributed by atoms with van der Waals surface area (Å²) in [5.41, 5.74) is 2.35. The van der Waals surface area contributed by atoms with Crippen molar-refractivity contribution >= 4 is 12.0 Å². The van der Waals surface area contributed by atoms with Crippen LogP contribution in [0.1, 0.15) is 49.9 Å². The molecule has 2 heterocycles. The number of hydrogen-bond acceptors (Lipinski definition) is 4. The highest BCUT2D eigenvalue weighted by Gasteiger charge is 2.30. The van der Waals surface area contributed by atoms with Crippen LogP contribution in [0.25, 0.3) is 0 Å². The largest absolute Gasteiger partial charge is 0.466 e. The first-order chi connectivity index (χ1) is 11.6. The third kappa shape index (κ3) is 3.39. The molecule has 0 radical (unpaired) electrons. The Bertz CT molecular complexity index is 605. The SMILES string of the molecule is CCOC(=O)C1CCN(C(=O)NC2CCCc3c2cnn3C)CC1. The zero-order valence-electron chi connectivity index (χ0n) is 14.5. The first-order valence-electron chi connectivity index (χ1n) is 8.83. The Morgan fingerprint density at radius 1 is 1.33 bits per heavy atom. The molecular weight excluding hydrogens is 308 g/mol. The molecule has 1 unspecified atom stereocenters. The number of amides is 2. The molecule has 7 heteroatoms. The maximum atomic E-state index is 12.6. The van der Waals surface area contributed by atoms with Crippen LogP contribution in [-0.2, 0) is 23.0 Å². The fourth-order valence-electron chi connectivity index (χ4n) is 3.67. The summed E-state index contributed by atoms with van der Waals surface area (Å²) in [7, 11) is 1.95. The molecule has 1 aromatic rings. The predicted molar refractivity (Wildman–Crippen MR) is 88.3 cm³/mol. The molecule has 1 saturated heterocycles. The molecule has 0 bridgehead atoms. The number of rotatable bonds is 3. The second kappa shape index (κ2) is 7.23. The van der Waals surface area contributed by atoms with Crippen LogP contribution < -0.4 is 5.32 Å². The van der Waals surface area contributed by atoms with Gasteiger partial charge in [-0.1, -0.05) is 0 Å². The number of carbonyl (C=O) groups is 2. The lowest BCUT2D eigenvalue weighted by molar-refractivity contribution is -0.149. The second-order valence-corrected chi connectivity index (χ2v) is 6.58. The molecule has 132 valence electrons. The van der Waals surface area contributed by atoms with E-state index < -0.39 is 0 Å². The molecule has 24 heavy (non-hydrogen) atoms. The fraction of sp³-hybridized carbons (Fsp3) is 0.706. The van der Waals surface area contributed by atoms with Crippen LogP contribution in [0.15, 0.2) is 6.20 Å². The minimum absolute atomic E-state index is 0.0396. The fourth-order valence-corrected chi connectivity index (χ4v) is 3.67. The van der Waals surface area contributed by atoms with Gasteiger partial charge in [0, 0.05) is 31.4 Å². The van der Waals surface area contributed by atoms with Gasteiger partial charge in [-0.2, -0.15) is 5.10 Å². The monoisotopic (exact) mass is 334 g/mol. The van der Waals surface area contributed by atoms with E-state index in [-0.39, 0.29) is 24.0 Å². The van der Waals surface area contributed by atoms with E-state index in [0.29, 0.717) is 32.5 Å². The van der Waals surface area contributed by atoms with Crippen molar-refractivity contribution in [1.82, 2.24) is 20.0 Å². The molecule has 7 nitrogen and oxygen atoms in total. The molecule has 1 fully saturated rings. The standard InChI is InChI=1S/C17H26N4O3/c1-3-24-16(22)12-7-9-21(10-8-12)17(23)19-14-5-4-6-15-13(14)11-18-20(15)2/h11-12,14H,3-10H2,1-2H3,(H,19,23). The van der Waals surface area contributed by atoms with Crippen molar-refractivity contribution in [1.29, 1.82) is 0 Å². The van der Waals surface area contributed by atoms with Gasteiger partial charge in [0.1, 0.15) is 0 Å². The van der Waals surface area contributed by atoms with Crippen LogP contribution in [-0.4, -0.2) is 46.4 Å². The third-order valence-corrected chi connectivity index (χ3v) is 5.08. The molecule has 1 N–H and O–H groups in total. The molecule has 1 aliphatic heterocycles. The number of aryl methyl sites for hydroxylation is 1. The van der Waals surface area contributed by atoms with Crippen molar-refractivity contribution in [2.45, 2.75) is 45.1 Å². The summed E-state index contributed by atoms with van der Waals surface area (Å²) in [6, 6.07) is -0.00302. The summed E-state index contributed by atoms with van der Waals surface area (Å²) in [6.07, 6.45) is 6.24. The number of nitrogens with zero attached hydrogens (tertiary/aromatic N) is 3. The number of esters is 1. The van der Waals surface area contributed by atoms with E-state index >= 15 is 0 Å². The highest BCUT2D eigenvalue weighted by molar-refractivity contribution is 5.76. The van der Waals surface area contributed by atoms with Crippen LogP contribution in [0.2, 0.25) is 0 Å². The number of ether oxygens (including phenoxy) is 1. The highest BCUT2D eigenvalue weighted by Crippen LogP contribution is 2.29. The number of hydrogen-bond donors (Lipinski definition) is 1. The number of nitrogens with one attached hydrogen (secondary N) is 1. The Kier molecular flexibility index (Phi) is 5.06. The van der Waals surface area contributed by atoms with Gasteiger partial charge in [0.15, 0.2) is 0 Å². The van der Waals surface area contributed by atoms with Crippen LogP contribution in [0, 0.1) is 5.92 Å². The maximum Gasteiger partial charge on any atom is 0.317 e. The van der Waals surface area contributed by atoms with Gasteiger partial charge in [-0.15, -0.1) is 0 Å². The lowest BCUT2D eigenvalue weighted by Gasteiger charge is -2.33. The molecule has 0 saturated carbocycles. The molecule has 2 amide bonds. The normalized spacial score (nSPS) is 21.2. The number of likely N-dealkylation sites (tertiary alicyclic amines) is 1. The minimum Gasteiger partial charge on any atom is -0.466 e. The van der Waals surface area contributed by atoms with Crippen molar-refractivity contribution in [2.24, 2.45) is 13.0 Å². The minimum atomic E-state index is -0.134. The van der Waals surface area contributed by atoms with Gasteiger partial charge in [0.25, 0.3) is 0 Å². The Labute approximate surface area is 142 Å². The van der Waals surface area contributed by atoms with Crippen molar-refractivity contribution in [2.75, 3.05) is 19.7 Å². The molecule has 2 aliphatic rings. The Morgan fingerprint density at radius 3 is 2.79 bits per heavy atom. The van der Waals surface area contributed by atoms with E-state index in [1.165, 1.54) is 5.69 Å². The third-order valence-electron chi connectivity index (χ3n) is 5.08. The Balaban J connectivity index is 1.55. The smallest absolute Gasteiger partial charge is 0.317 e. The summed E-state index contributed by atoms with van der Waals surface area (Å²) in [4.78, 5) is 26.1. The van der Waals surface area contributed by atoms with E-state index in [1.54, 1.807) is 4.90 Å². The molecule has 0 aromatic carbocycles. The zero-order valence-corrected chi connectivity index (χ0v) is 14.5. The van der Waals surface area contributed by atoms with E-state index in [4.69, 9.17) is 4.74 Å². The number of piperidine rings is 1. The number of carbonyl (C=O) groups excluding carboxylic acids is 2. The quantitative estimate of drug-likeness (QED) is 0.855. The summed E-state index contributed by atoms with van der Waals surface area (Å²) in [5, 5.41) is 7.46. The first-order valence-corrected chi connectivity index (χ1v) is 8.83. The molecule has 3 rings (SSSR count). The van der Waals surface area contributed by atoms with Crippen molar-refractivity contribution in [3.8, 4) is 0 Å². The summed E-state index contributed by atoms with van der Waals surface area (Å²) < 4.78 is 6.97. The maximum absolute atomic E-state index is 12.6. The van der Waals surface area contributed by atoms with Crippen molar-refractivity contribution in [3.63, 3.8) is 0 Å². The number of fused-ring (bicyclic) bond motifs is 1. The average molecular weight is 334 g/mol. The highest BCUT2D eigenvalue weighted by atomic mass is 16.5. The molecule has 0 spiro atoms.